The van der Waals surface area contributed by atoms with Gasteiger partial charge in [-0.2, -0.15) is 4.31 Å². The number of nitrogens with two attached hydrogens (primary N) is 1. The minimum atomic E-state index is -3.57. The predicted molar refractivity (Wildman–Crippen MR) is 67.4 cm³/mol. The van der Waals surface area contributed by atoms with Crippen molar-refractivity contribution in [3.63, 3.8) is 0 Å². The lowest BCUT2D eigenvalue weighted by atomic mass is 10.5. The van der Waals surface area contributed by atoms with Gasteiger partial charge in [0, 0.05) is 25.9 Å². The lowest BCUT2D eigenvalue weighted by Gasteiger charge is -2.21. The molecule has 0 atom stereocenters. The van der Waals surface area contributed by atoms with Crippen LogP contribution in [0.15, 0.2) is 23.2 Å². The van der Waals surface area contributed by atoms with Gasteiger partial charge in [0.2, 0.25) is 10.0 Å². The normalized spacial score (nSPS) is 16.1. The molecule has 0 amide bonds. The van der Waals surface area contributed by atoms with E-state index in [9.17, 15) is 8.42 Å². The molecule has 1 aliphatic rings. The average molecular weight is 271 g/mol. The Kier molecular flexibility index (Phi) is 3.84. The summed E-state index contributed by atoms with van der Waals surface area (Å²) in [5.74, 6) is 0.0422. The van der Waals surface area contributed by atoms with E-state index in [2.05, 4.69) is 4.98 Å². The van der Waals surface area contributed by atoms with Gasteiger partial charge in [-0.25, -0.2) is 13.4 Å². The second kappa shape index (κ2) is 5.21. The van der Waals surface area contributed by atoms with E-state index in [0.29, 0.717) is 13.2 Å². The van der Waals surface area contributed by atoms with E-state index in [4.69, 9.17) is 10.5 Å². The lowest BCUT2D eigenvalue weighted by Crippen LogP contribution is -2.36. The van der Waals surface area contributed by atoms with E-state index in [0.717, 1.165) is 12.8 Å². The molecule has 0 spiro atoms. The molecule has 7 heteroatoms. The van der Waals surface area contributed by atoms with Gasteiger partial charge < -0.3 is 10.5 Å². The maximum Gasteiger partial charge on any atom is 0.247 e. The number of rotatable bonds is 6. The second-order valence-electron chi connectivity index (χ2n) is 4.23. The molecular formula is C11H17N3O3S. The van der Waals surface area contributed by atoms with Gasteiger partial charge in [-0.1, -0.05) is 0 Å². The van der Waals surface area contributed by atoms with Crippen LogP contribution >= 0.6 is 0 Å². The Bertz CT molecular complexity index is 514. The zero-order valence-electron chi connectivity index (χ0n) is 10.2. The molecule has 0 saturated heterocycles. The molecule has 100 valence electrons. The summed E-state index contributed by atoms with van der Waals surface area (Å²) >= 11 is 0. The first-order valence-corrected chi connectivity index (χ1v) is 7.22. The van der Waals surface area contributed by atoms with Crippen molar-refractivity contribution in [2.24, 2.45) is 0 Å². The van der Waals surface area contributed by atoms with Crippen LogP contribution in [0, 0.1) is 0 Å². The first kappa shape index (κ1) is 13.3. The smallest absolute Gasteiger partial charge is 0.247 e. The summed E-state index contributed by atoms with van der Waals surface area (Å²) in [5.41, 5.74) is 5.65. The molecule has 2 rings (SSSR count). The Morgan fingerprint density at radius 2 is 2.28 bits per heavy atom. The van der Waals surface area contributed by atoms with E-state index < -0.39 is 10.0 Å². The highest BCUT2D eigenvalue weighted by Crippen LogP contribution is 2.32. The van der Waals surface area contributed by atoms with Gasteiger partial charge in [0.05, 0.1) is 6.61 Å². The first-order valence-electron chi connectivity index (χ1n) is 5.78. The highest BCUT2D eigenvalue weighted by atomic mass is 32.2. The van der Waals surface area contributed by atoms with Gasteiger partial charge in [-0.3, -0.25) is 0 Å². The minimum absolute atomic E-state index is 0.0422. The number of hydrogen-bond donors (Lipinski definition) is 1. The molecular weight excluding hydrogens is 254 g/mol. The molecule has 0 radical (unpaired) electrons. The number of ether oxygens (including phenoxy) is 1. The van der Waals surface area contributed by atoms with E-state index in [1.54, 1.807) is 13.2 Å². The van der Waals surface area contributed by atoms with Crippen molar-refractivity contribution in [1.82, 2.24) is 9.29 Å². The summed E-state index contributed by atoms with van der Waals surface area (Å²) in [5, 5.41) is 0. The fourth-order valence-corrected chi connectivity index (χ4v) is 3.53. The van der Waals surface area contributed by atoms with Gasteiger partial charge in [-0.05, 0) is 25.0 Å². The summed E-state index contributed by atoms with van der Waals surface area (Å²) < 4.78 is 31.4. The van der Waals surface area contributed by atoms with E-state index in [1.807, 2.05) is 0 Å². The van der Waals surface area contributed by atoms with Gasteiger partial charge in [0.15, 0.2) is 0 Å². The maximum absolute atomic E-state index is 12.5. The Hall–Kier alpha value is -1.18. The molecule has 1 aromatic rings. The molecule has 6 nitrogen and oxygen atoms in total. The third-order valence-electron chi connectivity index (χ3n) is 2.86. The predicted octanol–water partition coefficient (Wildman–Crippen LogP) is 0.463. The van der Waals surface area contributed by atoms with E-state index in [-0.39, 0.29) is 16.8 Å². The Morgan fingerprint density at radius 1 is 1.56 bits per heavy atom. The molecule has 1 aliphatic carbocycles. The number of nitrogen functional groups attached to an aromatic ring is 1. The SMILES string of the molecule is COCCN(C1CC1)S(=O)(=O)c1cccnc1N. The molecule has 0 aromatic carbocycles. The molecule has 2 N–H and O–H groups in total. The summed E-state index contributed by atoms with van der Waals surface area (Å²) in [6.45, 7) is 0.716. The van der Waals surface area contributed by atoms with Crippen LogP contribution in [0.4, 0.5) is 5.82 Å². The number of methoxy groups -OCH3 is 1. The zero-order valence-corrected chi connectivity index (χ0v) is 11.1. The zero-order chi connectivity index (χ0) is 13.2. The summed E-state index contributed by atoms with van der Waals surface area (Å²) in [6.07, 6.45) is 3.26. The van der Waals surface area contributed by atoms with Gasteiger partial charge >= 0.3 is 0 Å². The number of sulfonamides is 1. The van der Waals surface area contributed by atoms with Crippen LogP contribution in [-0.2, 0) is 14.8 Å². The summed E-state index contributed by atoms with van der Waals surface area (Å²) in [4.78, 5) is 3.91. The lowest BCUT2D eigenvalue weighted by molar-refractivity contribution is 0.177. The fourth-order valence-electron chi connectivity index (χ4n) is 1.79. The Morgan fingerprint density at radius 3 is 2.83 bits per heavy atom. The third-order valence-corrected chi connectivity index (χ3v) is 4.86. The van der Waals surface area contributed by atoms with Crippen molar-refractivity contribution >= 4 is 15.8 Å². The van der Waals surface area contributed by atoms with Crippen LogP contribution in [0.3, 0.4) is 0 Å². The maximum atomic E-state index is 12.5. The first-order chi connectivity index (χ1) is 8.57. The quantitative estimate of drug-likeness (QED) is 0.812. The number of nitrogens with zero attached hydrogens (tertiary/aromatic N) is 2. The number of anilines is 1. The molecule has 1 fully saturated rings. The van der Waals surface area contributed by atoms with E-state index in [1.165, 1.54) is 16.6 Å². The molecule has 1 heterocycles. The monoisotopic (exact) mass is 271 g/mol. The van der Waals surface area contributed by atoms with Crippen LogP contribution in [0.1, 0.15) is 12.8 Å². The highest BCUT2D eigenvalue weighted by molar-refractivity contribution is 7.89. The van der Waals surface area contributed by atoms with Crippen molar-refractivity contribution in [1.29, 1.82) is 0 Å². The summed E-state index contributed by atoms with van der Waals surface area (Å²) in [7, 11) is -2.02. The number of hydrogen-bond acceptors (Lipinski definition) is 5. The number of pyridine rings is 1. The largest absolute Gasteiger partial charge is 0.383 e. The van der Waals surface area contributed by atoms with Gasteiger partial charge in [-0.15, -0.1) is 0 Å². The molecule has 0 aliphatic heterocycles. The van der Waals surface area contributed by atoms with Crippen LogP contribution in [-0.4, -0.2) is 44.0 Å². The van der Waals surface area contributed by atoms with Crippen LogP contribution in [0.2, 0.25) is 0 Å². The van der Waals surface area contributed by atoms with Crippen LogP contribution in [0.5, 0.6) is 0 Å². The minimum Gasteiger partial charge on any atom is -0.383 e. The van der Waals surface area contributed by atoms with Crippen molar-refractivity contribution in [3.8, 4) is 0 Å². The summed E-state index contributed by atoms with van der Waals surface area (Å²) in [6, 6.07) is 3.13. The molecule has 0 bridgehead atoms. The Balaban J connectivity index is 2.30. The van der Waals surface area contributed by atoms with E-state index >= 15 is 0 Å². The Labute approximate surface area is 107 Å². The molecule has 1 aromatic heterocycles. The second-order valence-corrected chi connectivity index (χ2v) is 6.09. The number of aromatic nitrogens is 1. The van der Waals surface area contributed by atoms with Crippen LogP contribution < -0.4 is 5.73 Å². The molecule has 18 heavy (non-hydrogen) atoms. The fraction of sp³-hybridized carbons (Fsp3) is 0.545. The standard InChI is InChI=1S/C11H17N3O3S/c1-17-8-7-14(9-4-5-9)18(15,16)10-3-2-6-13-11(10)12/h2-3,6,9H,4-5,7-8H2,1H3,(H2,12,13). The highest BCUT2D eigenvalue weighted by Gasteiger charge is 2.38. The van der Waals surface area contributed by atoms with Crippen molar-refractivity contribution in [2.45, 2.75) is 23.8 Å². The molecule has 1 saturated carbocycles. The van der Waals surface area contributed by atoms with Crippen molar-refractivity contribution in [2.75, 3.05) is 26.0 Å². The average Bonchev–Trinajstić information content (AvgIpc) is 3.14. The van der Waals surface area contributed by atoms with Crippen molar-refractivity contribution in [3.05, 3.63) is 18.3 Å². The topological polar surface area (TPSA) is 85.5 Å². The molecule has 0 unspecified atom stereocenters. The third kappa shape index (κ3) is 2.63. The van der Waals surface area contributed by atoms with Gasteiger partial charge in [0.1, 0.15) is 10.7 Å². The van der Waals surface area contributed by atoms with Crippen molar-refractivity contribution < 1.29 is 13.2 Å². The van der Waals surface area contributed by atoms with Gasteiger partial charge in [0.25, 0.3) is 0 Å². The van der Waals surface area contributed by atoms with Crippen LogP contribution in [0.25, 0.3) is 0 Å².